The van der Waals surface area contributed by atoms with E-state index in [1.807, 2.05) is 0 Å². The zero-order valence-electron chi connectivity index (χ0n) is 10.7. The lowest BCUT2D eigenvalue weighted by Gasteiger charge is -2.28. The molecule has 4 nitrogen and oxygen atoms in total. The van der Waals surface area contributed by atoms with Crippen LogP contribution < -0.4 is 11.1 Å². The van der Waals surface area contributed by atoms with Gasteiger partial charge in [0, 0.05) is 12.6 Å². The molecule has 98 valence electrons. The number of hydrogen-bond acceptors (Lipinski definition) is 3. The summed E-state index contributed by atoms with van der Waals surface area (Å²) in [6, 6.07) is 0.353. The number of nitrogens with one attached hydrogen (secondary N) is 1. The first-order valence-electron chi connectivity index (χ1n) is 6.85. The highest BCUT2D eigenvalue weighted by atomic mass is 16.5. The molecule has 0 aromatic heterocycles. The number of ether oxygens (including phenoxy) is 1. The van der Waals surface area contributed by atoms with Crippen LogP contribution in [0.1, 0.15) is 45.4 Å². The van der Waals surface area contributed by atoms with Gasteiger partial charge in [-0.15, -0.1) is 0 Å². The van der Waals surface area contributed by atoms with Crippen molar-refractivity contribution in [2.24, 2.45) is 11.7 Å². The Balaban J connectivity index is 1.77. The fourth-order valence-electron chi connectivity index (χ4n) is 2.93. The van der Waals surface area contributed by atoms with Gasteiger partial charge in [0.1, 0.15) is 6.10 Å². The molecular formula is C13H24N2O2. The largest absolute Gasteiger partial charge is 0.364 e. The lowest BCUT2D eigenvalue weighted by atomic mass is 9.87. The van der Waals surface area contributed by atoms with Crippen LogP contribution in [-0.2, 0) is 9.53 Å². The third-order valence-corrected chi connectivity index (χ3v) is 3.95. The Bertz CT molecular complexity index is 270. The van der Waals surface area contributed by atoms with Crippen LogP contribution in [0, 0.1) is 5.92 Å². The van der Waals surface area contributed by atoms with E-state index in [2.05, 4.69) is 12.2 Å². The molecule has 0 radical (unpaired) electrons. The van der Waals surface area contributed by atoms with E-state index >= 15 is 0 Å². The summed E-state index contributed by atoms with van der Waals surface area (Å²) in [6.07, 6.45) is 6.29. The summed E-state index contributed by atoms with van der Waals surface area (Å²) in [5.74, 6) is 0.801. The molecule has 1 aliphatic carbocycles. The molecule has 1 amide bonds. The number of hydrogen-bond donors (Lipinski definition) is 2. The second-order valence-electron chi connectivity index (χ2n) is 5.54. The number of carbonyl (C=O) groups is 1. The Morgan fingerprint density at radius 2 is 2.18 bits per heavy atom. The molecule has 1 saturated carbocycles. The van der Waals surface area contributed by atoms with Gasteiger partial charge in [0.2, 0.25) is 5.91 Å². The van der Waals surface area contributed by atoms with Crippen molar-refractivity contribution in [2.45, 2.75) is 63.7 Å². The quantitative estimate of drug-likeness (QED) is 0.779. The van der Waals surface area contributed by atoms with E-state index in [1.54, 1.807) is 0 Å². The van der Waals surface area contributed by atoms with Gasteiger partial charge in [0.05, 0.1) is 6.10 Å². The first-order valence-corrected chi connectivity index (χ1v) is 6.85. The van der Waals surface area contributed by atoms with Crippen LogP contribution in [0.2, 0.25) is 0 Å². The van der Waals surface area contributed by atoms with Gasteiger partial charge in [-0.25, -0.2) is 0 Å². The number of carbonyl (C=O) groups excluding carboxylic acids is 1. The van der Waals surface area contributed by atoms with E-state index in [1.165, 1.54) is 12.8 Å². The van der Waals surface area contributed by atoms with Crippen molar-refractivity contribution >= 4 is 5.91 Å². The van der Waals surface area contributed by atoms with Crippen LogP contribution in [-0.4, -0.2) is 30.7 Å². The van der Waals surface area contributed by atoms with E-state index in [0.29, 0.717) is 12.6 Å². The molecule has 1 saturated heterocycles. The maximum absolute atomic E-state index is 12.0. The lowest BCUT2D eigenvalue weighted by Crippen LogP contribution is -2.43. The third-order valence-electron chi connectivity index (χ3n) is 3.95. The standard InChI is InChI=1S/C13H24N2O2/c1-9-3-2-4-10(7-9)15-13(16)12-6-5-11(8-14)17-12/h9-12H,2-8,14H2,1H3,(H,15,16). The highest BCUT2D eigenvalue weighted by molar-refractivity contribution is 5.81. The average Bonchev–Trinajstić information content (AvgIpc) is 2.77. The van der Waals surface area contributed by atoms with Gasteiger partial charge >= 0.3 is 0 Å². The summed E-state index contributed by atoms with van der Waals surface area (Å²) in [4.78, 5) is 12.0. The molecule has 17 heavy (non-hydrogen) atoms. The summed E-state index contributed by atoms with van der Waals surface area (Å²) in [5.41, 5.74) is 5.54. The first kappa shape index (κ1) is 12.8. The number of rotatable bonds is 3. The van der Waals surface area contributed by atoms with E-state index in [4.69, 9.17) is 10.5 Å². The summed E-state index contributed by atoms with van der Waals surface area (Å²) >= 11 is 0. The van der Waals surface area contributed by atoms with Gasteiger partial charge in [-0.05, 0) is 31.6 Å². The fourth-order valence-corrected chi connectivity index (χ4v) is 2.93. The van der Waals surface area contributed by atoms with Crippen LogP contribution in [0.15, 0.2) is 0 Å². The molecule has 4 atom stereocenters. The van der Waals surface area contributed by atoms with E-state index in [-0.39, 0.29) is 18.1 Å². The van der Waals surface area contributed by atoms with Gasteiger partial charge < -0.3 is 15.8 Å². The van der Waals surface area contributed by atoms with Crippen molar-refractivity contribution in [3.05, 3.63) is 0 Å². The van der Waals surface area contributed by atoms with Gasteiger partial charge in [0.15, 0.2) is 0 Å². The monoisotopic (exact) mass is 240 g/mol. The second kappa shape index (κ2) is 5.83. The molecule has 0 bridgehead atoms. The van der Waals surface area contributed by atoms with Gasteiger partial charge in [-0.1, -0.05) is 19.8 Å². The topological polar surface area (TPSA) is 64.4 Å². The van der Waals surface area contributed by atoms with E-state index < -0.39 is 0 Å². The molecule has 4 unspecified atom stereocenters. The number of amides is 1. The van der Waals surface area contributed by atoms with Crippen LogP contribution in [0.5, 0.6) is 0 Å². The van der Waals surface area contributed by atoms with E-state index in [9.17, 15) is 4.79 Å². The predicted octanol–water partition coefficient (Wildman–Crippen LogP) is 1.19. The maximum atomic E-state index is 12.0. The molecule has 0 aromatic carbocycles. The van der Waals surface area contributed by atoms with Crippen molar-refractivity contribution in [2.75, 3.05) is 6.54 Å². The predicted molar refractivity (Wildman–Crippen MR) is 66.5 cm³/mol. The minimum atomic E-state index is -0.263. The van der Waals surface area contributed by atoms with Crippen molar-refractivity contribution in [1.82, 2.24) is 5.32 Å². The SMILES string of the molecule is CC1CCCC(NC(=O)C2CCC(CN)O2)C1. The highest BCUT2D eigenvalue weighted by Crippen LogP contribution is 2.24. The van der Waals surface area contributed by atoms with Crippen molar-refractivity contribution in [3.63, 3.8) is 0 Å². The van der Waals surface area contributed by atoms with Gasteiger partial charge in [0.25, 0.3) is 0 Å². The summed E-state index contributed by atoms with van der Waals surface area (Å²) in [7, 11) is 0. The van der Waals surface area contributed by atoms with Gasteiger partial charge in [-0.2, -0.15) is 0 Å². The zero-order chi connectivity index (χ0) is 12.3. The summed E-state index contributed by atoms with van der Waals surface area (Å²) in [6.45, 7) is 2.78. The molecule has 3 N–H and O–H groups in total. The summed E-state index contributed by atoms with van der Waals surface area (Å²) in [5, 5.41) is 3.13. The first-order chi connectivity index (χ1) is 8.19. The maximum Gasteiger partial charge on any atom is 0.249 e. The Kier molecular flexibility index (Phi) is 4.40. The van der Waals surface area contributed by atoms with Crippen molar-refractivity contribution < 1.29 is 9.53 Å². The molecule has 1 heterocycles. The Labute approximate surface area is 103 Å². The Morgan fingerprint density at radius 3 is 2.82 bits per heavy atom. The minimum Gasteiger partial charge on any atom is -0.364 e. The Hall–Kier alpha value is -0.610. The van der Waals surface area contributed by atoms with Crippen LogP contribution in [0.3, 0.4) is 0 Å². The molecule has 2 aliphatic rings. The van der Waals surface area contributed by atoms with Crippen LogP contribution in [0.4, 0.5) is 0 Å². The molecule has 0 aromatic rings. The third kappa shape index (κ3) is 3.42. The molecule has 2 fully saturated rings. The summed E-state index contributed by atoms with van der Waals surface area (Å²) < 4.78 is 5.60. The smallest absolute Gasteiger partial charge is 0.249 e. The molecular weight excluding hydrogens is 216 g/mol. The fraction of sp³-hybridized carbons (Fsp3) is 0.923. The minimum absolute atomic E-state index is 0.0695. The Morgan fingerprint density at radius 1 is 1.35 bits per heavy atom. The lowest BCUT2D eigenvalue weighted by molar-refractivity contribution is -0.132. The van der Waals surface area contributed by atoms with Gasteiger partial charge in [-0.3, -0.25) is 4.79 Å². The average molecular weight is 240 g/mol. The van der Waals surface area contributed by atoms with Crippen molar-refractivity contribution in [1.29, 1.82) is 0 Å². The zero-order valence-corrected chi connectivity index (χ0v) is 10.7. The van der Waals surface area contributed by atoms with Crippen molar-refractivity contribution in [3.8, 4) is 0 Å². The van der Waals surface area contributed by atoms with Crippen LogP contribution in [0.25, 0.3) is 0 Å². The normalized spacial score (nSPS) is 38.0. The highest BCUT2D eigenvalue weighted by Gasteiger charge is 2.31. The molecule has 0 spiro atoms. The molecule has 1 aliphatic heterocycles. The van der Waals surface area contributed by atoms with E-state index in [0.717, 1.165) is 31.6 Å². The van der Waals surface area contributed by atoms with Crippen LogP contribution >= 0.6 is 0 Å². The molecule has 2 rings (SSSR count). The second-order valence-corrected chi connectivity index (χ2v) is 5.54. The molecule has 4 heteroatoms. The number of nitrogens with two attached hydrogens (primary N) is 1.